The van der Waals surface area contributed by atoms with Gasteiger partial charge in [-0.2, -0.15) is 4.99 Å². The summed E-state index contributed by atoms with van der Waals surface area (Å²) in [6.07, 6.45) is 4.40. The van der Waals surface area contributed by atoms with Gasteiger partial charge in [0.15, 0.2) is 15.8 Å². The van der Waals surface area contributed by atoms with Crippen molar-refractivity contribution in [3.63, 3.8) is 0 Å². The van der Waals surface area contributed by atoms with Crippen LogP contribution in [0.25, 0.3) is 0 Å². The van der Waals surface area contributed by atoms with Crippen molar-refractivity contribution < 1.29 is 22.7 Å². The van der Waals surface area contributed by atoms with Gasteiger partial charge < -0.3 is 26.8 Å². The number of aliphatic imine (C=N–C) groups is 1. The first kappa shape index (κ1) is 25.0. The zero-order valence-corrected chi connectivity index (χ0v) is 20.6. The number of carbonyl (C=O) groups is 2. The molecule has 4 rings (SSSR count). The topological polar surface area (TPSA) is 166 Å². The number of nitrogens with two attached hydrogens (primary N) is 2. The highest BCUT2D eigenvalue weighted by atomic mass is 35.5. The van der Waals surface area contributed by atoms with E-state index in [4.69, 9.17) is 27.8 Å². The molecule has 0 unspecified atom stereocenters. The van der Waals surface area contributed by atoms with Gasteiger partial charge in [0.2, 0.25) is 5.91 Å². The van der Waals surface area contributed by atoms with Crippen molar-refractivity contribution in [2.45, 2.75) is 49.3 Å². The van der Waals surface area contributed by atoms with Gasteiger partial charge in [-0.25, -0.2) is 8.42 Å². The molecule has 1 aliphatic carbocycles. The molecule has 2 amide bonds. The average molecular weight is 520 g/mol. The third-order valence-electron chi connectivity index (χ3n) is 5.91. The van der Waals surface area contributed by atoms with Gasteiger partial charge in [0.25, 0.3) is 5.91 Å². The summed E-state index contributed by atoms with van der Waals surface area (Å²) in [6.45, 7) is 1.75. The summed E-state index contributed by atoms with van der Waals surface area (Å²) in [5.74, 6) is -1.69. The van der Waals surface area contributed by atoms with Gasteiger partial charge in [0, 0.05) is 22.9 Å². The predicted molar refractivity (Wildman–Crippen MR) is 133 cm³/mol. The minimum atomic E-state index is -3.95. The Labute approximate surface area is 208 Å². The molecule has 2 aromatic rings. The fraction of sp³-hybridized carbons (Fsp3) is 0.348. The van der Waals surface area contributed by atoms with Crippen LogP contribution in [0.3, 0.4) is 0 Å². The summed E-state index contributed by atoms with van der Waals surface area (Å²) in [5, 5.41) is 6.13. The molecule has 0 aromatic heterocycles. The van der Waals surface area contributed by atoms with Crippen molar-refractivity contribution in [1.29, 1.82) is 0 Å². The van der Waals surface area contributed by atoms with E-state index in [1.807, 2.05) is 0 Å². The SMILES string of the molecule is Cc1cc(C(=O)N=C(N)N)cc2c1Oc1c(Cl)cc(NC(=O)CNC3CCCC3)cc1CS2(=O)=O. The van der Waals surface area contributed by atoms with E-state index in [0.29, 0.717) is 17.3 Å². The Morgan fingerprint density at radius 2 is 1.86 bits per heavy atom. The monoisotopic (exact) mass is 519 g/mol. The number of nitrogens with one attached hydrogen (secondary N) is 2. The Balaban J connectivity index is 1.63. The largest absolute Gasteiger partial charge is 0.454 e. The lowest BCUT2D eigenvalue weighted by molar-refractivity contribution is -0.115. The highest BCUT2D eigenvalue weighted by Crippen LogP contribution is 2.44. The number of halogens is 1. The molecule has 10 nitrogen and oxygen atoms in total. The third kappa shape index (κ3) is 5.58. The maximum Gasteiger partial charge on any atom is 0.280 e. The Morgan fingerprint density at radius 1 is 1.14 bits per heavy atom. The number of rotatable bonds is 5. The molecule has 186 valence electrons. The first-order chi connectivity index (χ1) is 16.5. The quantitative estimate of drug-likeness (QED) is 0.345. The number of sulfone groups is 1. The van der Waals surface area contributed by atoms with Gasteiger partial charge >= 0.3 is 0 Å². The molecule has 1 heterocycles. The van der Waals surface area contributed by atoms with Gasteiger partial charge in [-0.1, -0.05) is 24.4 Å². The number of nitrogens with zero attached hydrogens (tertiary/aromatic N) is 1. The summed E-state index contributed by atoms with van der Waals surface area (Å²) in [4.78, 5) is 28.0. The molecule has 12 heteroatoms. The van der Waals surface area contributed by atoms with E-state index >= 15 is 0 Å². The van der Waals surface area contributed by atoms with Crippen molar-refractivity contribution >= 4 is 44.9 Å². The maximum absolute atomic E-state index is 13.3. The van der Waals surface area contributed by atoms with Crippen LogP contribution in [0.4, 0.5) is 5.69 Å². The average Bonchev–Trinajstić information content (AvgIpc) is 3.24. The number of carbonyl (C=O) groups excluding carboxylic acids is 2. The van der Waals surface area contributed by atoms with E-state index in [1.54, 1.807) is 6.92 Å². The highest BCUT2D eigenvalue weighted by Gasteiger charge is 2.31. The van der Waals surface area contributed by atoms with E-state index in [9.17, 15) is 18.0 Å². The fourth-order valence-electron chi connectivity index (χ4n) is 4.31. The number of aryl methyl sites for hydroxylation is 1. The van der Waals surface area contributed by atoms with E-state index < -0.39 is 27.5 Å². The summed E-state index contributed by atoms with van der Waals surface area (Å²) >= 11 is 6.45. The molecule has 2 aliphatic rings. The van der Waals surface area contributed by atoms with Crippen molar-refractivity contribution in [2.75, 3.05) is 11.9 Å². The molecular weight excluding hydrogens is 494 g/mol. The van der Waals surface area contributed by atoms with Crippen LogP contribution >= 0.6 is 11.6 Å². The number of amides is 2. The molecule has 0 atom stereocenters. The Kier molecular flexibility index (Phi) is 7.02. The molecule has 2 aromatic carbocycles. The number of benzene rings is 2. The van der Waals surface area contributed by atoms with E-state index in [-0.39, 0.29) is 45.0 Å². The van der Waals surface area contributed by atoms with Gasteiger partial charge in [0.05, 0.1) is 17.3 Å². The maximum atomic E-state index is 13.3. The molecular formula is C23H26ClN5O5S. The molecule has 0 spiro atoms. The van der Waals surface area contributed by atoms with Crippen molar-refractivity contribution in [3.8, 4) is 11.5 Å². The fourth-order valence-corrected chi connectivity index (χ4v) is 6.16. The van der Waals surface area contributed by atoms with Gasteiger partial charge in [-0.05, 0) is 49.6 Å². The zero-order valence-electron chi connectivity index (χ0n) is 19.1. The van der Waals surface area contributed by atoms with E-state index in [1.165, 1.54) is 24.3 Å². The van der Waals surface area contributed by atoms with Gasteiger partial charge in [-0.3, -0.25) is 9.59 Å². The molecule has 0 saturated heterocycles. The van der Waals surface area contributed by atoms with Crippen LogP contribution in [0, 0.1) is 6.92 Å². The Hall–Kier alpha value is -3.15. The molecule has 1 fully saturated rings. The second-order valence-electron chi connectivity index (χ2n) is 8.68. The number of hydrogen-bond donors (Lipinski definition) is 4. The highest BCUT2D eigenvalue weighted by molar-refractivity contribution is 7.90. The number of guanidine groups is 1. The minimum absolute atomic E-state index is 0.00148. The molecule has 0 bridgehead atoms. The minimum Gasteiger partial charge on any atom is -0.454 e. The van der Waals surface area contributed by atoms with E-state index in [2.05, 4.69) is 15.6 Å². The number of hydrogen-bond acceptors (Lipinski definition) is 6. The van der Waals surface area contributed by atoms with Crippen LogP contribution < -0.4 is 26.8 Å². The second-order valence-corrected chi connectivity index (χ2v) is 11.0. The van der Waals surface area contributed by atoms with Crippen molar-refractivity contribution in [3.05, 3.63) is 46.0 Å². The Bertz CT molecular complexity index is 1330. The van der Waals surface area contributed by atoms with Crippen LogP contribution in [-0.2, 0) is 20.4 Å². The lowest BCUT2D eigenvalue weighted by atomic mass is 10.1. The van der Waals surface area contributed by atoms with Gasteiger partial charge in [-0.15, -0.1) is 0 Å². The molecule has 6 N–H and O–H groups in total. The van der Waals surface area contributed by atoms with Crippen LogP contribution in [0.5, 0.6) is 11.5 Å². The van der Waals surface area contributed by atoms with Crippen molar-refractivity contribution in [1.82, 2.24) is 5.32 Å². The smallest absolute Gasteiger partial charge is 0.280 e. The summed E-state index contributed by atoms with van der Waals surface area (Å²) in [7, 11) is -3.95. The van der Waals surface area contributed by atoms with Crippen molar-refractivity contribution in [2.24, 2.45) is 16.5 Å². The van der Waals surface area contributed by atoms with E-state index in [0.717, 1.165) is 25.7 Å². The molecule has 1 aliphatic heterocycles. The number of anilines is 1. The van der Waals surface area contributed by atoms with Crippen LogP contribution in [0.2, 0.25) is 5.02 Å². The van der Waals surface area contributed by atoms with Crippen LogP contribution in [0.15, 0.2) is 34.2 Å². The zero-order chi connectivity index (χ0) is 25.3. The number of fused-ring (bicyclic) bond motifs is 2. The molecule has 1 saturated carbocycles. The summed E-state index contributed by atoms with van der Waals surface area (Å²) in [6, 6.07) is 5.99. The first-order valence-corrected chi connectivity index (χ1v) is 13.1. The summed E-state index contributed by atoms with van der Waals surface area (Å²) in [5.41, 5.74) is 11.6. The normalized spacial score (nSPS) is 16.4. The third-order valence-corrected chi connectivity index (χ3v) is 7.86. The summed E-state index contributed by atoms with van der Waals surface area (Å²) < 4.78 is 32.5. The number of ether oxygens (including phenoxy) is 1. The molecule has 0 radical (unpaired) electrons. The first-order valence-electron chi connectivity index (χ1n) is 11.1. The Morgan fingerprint density at radius 3 is 2.54 bits per heavy atom. The second kappa shape index (κ2) is 9.84. The standard InChI is InChI=1S/C23H26ClN5O5S/c1-12-6-13(22(31)29-23(25)26)8-18-20(12)34-21-14(11-35(18,32)33)7-16(9-17(21)24)28-19(30)10-27-15-4-2-3-5-15/h6-9,15,27H,2-5,10-11H2,1H3,(H,28,30)(H4,25,26,29,31). The molecule has 35 heavy (non-hydrogen) atoms. The van der Waals surface area contributed by atoms with Crippen LogP contribution in [-0.4, -0.2) is 38.8 Å². The predicted octanol–water partition coefficient (Wildman–Crippen LogP) is 2.61. The lowest BCUT2D eigenvalue weighted by Gasteiger charge is -2.15. The van der Waals surface area contributed by atoms with Gasteiger partial charge in [0.1, 0.15) is 16.4 Å². The lowest BCUT2D eigenvalue weighted by Crippen LogP contribution is -2.34. The van der Waals surface area contributed by atoms with Crippen LogP contribution in [0.1, 0.15) is 47.2 Å².